The lowest BCUT2D eigenvalue weighted by Crippen LogP contribution is -2.22. The van der Waals surface area contributed by atoms with Crippen molar-refractivity contribution < 1.29 is 9.53 Å². The highest BCUT2D eigenvalue weighted by molar-refractivity contribution is 5.88. The van der Waals surface area contributed by atoms with E-state index in [1.807, 2.05) is 20.8 Å². The predicted molar refractivity (Wildman–Crippen MR) is 57.8 cm³/mol. The molecule has 2 heteroatoms. The highest BCUT2D eigenvalue weighted by atomic mass is 16.6. The van der Waals surface area contributed by atoms with Crippen molar-refractivity contribution in [2.24, 2.45) is 0 Å². The van der Waals surface area contributed by atoms with Crippen molar-refractivity contribution >= 4 is 5.97 Å². The van der Waals surface area contributed by atoms with Crippen molar-refractivity contribution in [3.8, 4) is 11.8 Å². The van der Waals surface area contributed by atoms with Crippen LogP contribution in [0.1, 0.15) is 53.4 Å². The molecule has 0 saturated carbocycles. The van der Waals surface area contributed by atoms with Gasteiger partial charge >= 0.3 is 5.97 Å². The van der Waals surface area contributed by atoms with Gasteiger partial charge in [0, 0.05) is 12.3 Å². The topological polar surface area (TPSA) is 26.3 Å². The third-order valence-electron chi connectivity index (χ3n) is 1.49. The zero-order valence-electron chi connectivity index (χ0n) is 9.64. The van der Waals surface area contributed by atoms with Crippen molar-refractivity contribution in [2.45, 2.75) is 59.0 Å². The summed E-state index contributed by atoms with van der Waals surface area (Å²) in [6.45, 7) is 7.65. The second kappa shape index (κ2) is 6.48. The van der Waals surface area contributed by atoms with E-state index in [0.29, 0.717) is 0 Å². The van der Waals surface area contributed by atoms with Crippen LogP contribution in [0.3, 0.4) is 0 Å². The largest absolute Gasteiger partial charge is 0.450 e. The van der Waals surface area contributed by atoms with Gasteiger partial charge in [-0.3, -0.25) is 0 Å². The average molecular weight is 196 g/mol. The van der Waals surface area contributed by atoms with E-state index < -0.39 is 11.6 Å². The Hall–Kier alpha value is -0.970. The van der Waals surface area contributed by atoms with Crippen LogP contribution in [0.5, 0.6) is 0 Å². The van der Waals surface area contributed by atoms with Crippen LogP contribution in [-0.2, 0) is 9.53 Å². The second-order valence-corrected chi connectivity index (χ2v) is 4.26. The Kier molecular flexibility index (Phi) is 6.03. The molecule has 0 aliphatic carbocycles. The van der Waals surface area contributed by atoms with Gasteiger partial charge in [-0.15, -0.1) is 0 Å². The zero-order valence-corrected chi connectivity index (χ0v) is 9.64. The van der Waals surface area contributed by atoms with Gasteiger partial charge in [-0.1, -0.05) is 25.7 Å². The molecule has 0 aromatic carbocycles. The average Bonchev–Trinajstić information content (AvgIpc) is 2.00. The molecule has 0 spiro atoms. The molecular formula is C12H20O2. The minimum atomic E-state index is -0.435. The molecule has 80 valence electrons. The third kappa shape index (κ3) is 9.12. The molecule has 0 atom stereocenters. The van der Waals surface area contributed by atoms with Crippen LogP contribution >= 0.6 is 0 Å². The van der Waals surface area contributed by atoms with Crippen LogP contribution in [0.2, 0.25) is 0 Å². The minimum Gasteiger partial charge on any atom is -0.450 e. The fraction of sp³-hybridized carbons (Fsp3) is 0.750. The molecule has 0 aromatic rings. The molecule has 0 aromatic heterocycles. The number of rotatable bonds is 3. The summed E-state index contributed by atoms with van der Waals surface area (Å²) in [5.41, 5.74) is -0.435. The number of carbonyl (C=O) groups excluding carboxylic acids is 1. The molecule has 0 aliphatic heterocycles. The van der Waals surface area contributed by atoms with Gasteiger partial charge in [0.25, 0.3) is 0 Å². The minimum absolute atomic E-state index is 0.422. The van der Waals surface area contributed by atoms with Crippen molar-refractivity contribution in [2.75, 3.05) is 0 Å². The number of hydrogen-bond donors (Lipinski definition) is 0. The van der Waals surface area contributed by atoms with E-state index >= 15 is 0 Å². The Balaban J connectivity index is 3.71. The highest BCUT2D eigenvalue weighted by Gasteiger charge is 2.13. The number of carbonyl (C=O) groups is 1. The third-order valence-corrected chi connectivity index (χ3v) is 1.49. The fourth-order valence-electron chi connectivity index (χ4n) is 0.902. The summed E-state index contributed by atoms with van der Waals surface area (Å²) in [6.07, 6.45) is 4.19. The molecule has 0 saturated heterocycles. The first kappa shape index (κ1) is 13.0. The van der Waals surface area contributed by atoms with E-state index in [0.717, 1.165) is 12.8 Å². The zero-order chi connectivity index (χ0) is 11.0. The Labute approximate surface area is 87.0 Å². The Morgan fingerprint density at radius 1 is 1.29 bits per heavy atom. The molecule has 0 bridgehead atoms. The first-order chi connectivity index (χ1) is 6.45. The monoisotopic (exact) mass is 196 g/mol. The van der Waals surface area contributed by atoms with Crippen molar-refractivity contribution in [1.82, 2.24) is 0 Å². The van der Waals surface area contributed by atoms with Gasteiger partial charge in [-0.25, -0.2) is 4.79 Å². The predicted octanol–water partition coefficient (Wildman–Crippen LogP) is 2.91. The summed E-state index contributed by atoms with van der Waals surface area (Å²) in [4.78, 5) is 11.1. The summed E-state index contributed by atoms with van der Waals surface area (Å²) < 4.78 is 5.03. The number of unbranched alkanes of at least 4 members (excludes halogenated alkanes) is 3. The van der Waals surface area contributed by atoms with E-state index in [1.54, 1.807) is 0 Å². The molecule has 0 heterocycles. The van der Waals surface area contributed by atoms with Crippen molar-refractivity contribution in [3.63, 3.8) is 0 Å². The van der Waals surface area contributed by atoms with Gasteiger partial charge in [-0.2, -0.15) is 0 Å². The first-order valence-corrected chi connectivity index (χ1v) is 5.17. The van der Waals surface area contributed by atoms with Gasteiger partial charge in [-0.05, 0) is 27.2 Å². The molecule has 0 amide bonds. The van der Waals surface area contributed by atoms with E-state index in [4.69, 9.17) is 4.74 Å². The summed E-state index contributed by atoms with van der Waals surface area (Å²) in [6, 6.07) is 0. The lowest BCUT2D eigenvalue weighted by molar-refractivity contribution is -0.147. The molecule has 0 N–H and O–H groups in total. The fourth-order valence-corrected chi connectivity index (χ4v) is 0.902. The Bertz CT molecular complexity index is 225. The Morgan fingerprint density at radius 3 is 2.43 bits per heavy atom. The SMILES string of the molecule is CCCCCC#CC(=O)OC(C)(C)C. The molecule has 2 nitrogen and oxygen atoms in total. The molecule has 0 unspecified atom stereocenters. The first-order valence-electron chi connectivity index (χ1n) is 5.17. The summed E-state index contributed by atoms with van der Waals surface area (Å²) in [5.74, 6) is 4.88. The molecule has 0 aliphatic rings. The van der Waals surface area contributed by atoms with E-state index in [9.17, 15) is 4.79 Å². The van der Waals surface area contributed by atoms with Gasteiger partial charge < -0.3 is 4.74 Å². The highest BCUT2D eigenvalue weighted by Crippen LogP contribution is 2.06. The van der Waals surface area contributed by atoms with E-state index in [-0.39, 0.29) is 0 Å². The molecule has 0 rings (SSSR count). The van der Waals surface area contributed by atoms with E-state index in [2.05, 4.69) is 18.8 Å². The van der Waals surface area contributed by atoms with Crippen LogP contribution in [0.15, 0.2) is 0 Å². The normalized spacial score (nSPS) is 10.3. The molecule has 0 radical (unpaired) electrons. The maximum atomic E-state index is 11.1. The van der Waals surface area contributed by atoms with E-state index in [1.165, 1.54) is 12.8 Å². The summed E-state index contributed by atoms with van der Waals surface area (Å²) >= 11 is 0. The summed E-state index contributed by atoms with van der Waals surface area (Å²) in [5, 5.41) is 0. The Morgan fingerprint density at radius 2 is 1.93 bits per heavy atom. The van der Waals surface area contributed by atoms with Gasteiger partial charge in [0.15, 0.2) is 0 Å². The number of esters is 1. The quantitative estimate of drug-likeness (QED) is 0.300. The molecule has 14 heavy (non-hydrogen) atoms. The van der Waals surface area contributed by atoms with Gasteiger partial charge in [0.2, 0.25) is 0 Å². The second-order valence-electron chi connectivity index (χ2n) is 4.26. The van der Waals surface area contributed by atoms with Crippen molar-refractivity contribution in [1.29, 1.82) is 0 Å². The smallest absolute Gasteiger partial charge is 0.384 e. The van der Waals surface area contributed by atoms with Crippen LogP contribution in [0.4, 0.5) is 0 Å². The number of hydrogen-bond acceptors (Lipinski definition) is 2. The van der Waals surface area contributed by atoms with Gasteiger partial charge in [0.1, 0.15) is 5.60 Å². The maximum Gasteiger partial charge on any atom is 0.384 e. The summed E-state index contributed by atoms with van der Waals surface area (Å²) in [7, 11) is 0. The standard InChI is InChI=1S/C12H20O2/c1-5-6-7-8-9-10-11(13)14-12(2,3)4/h5-8H2,1-4H3. The van der Waals surface area contributed by atoms with Crippen molar-refractivity contribution in [3.05, 3.63) is 0 Å². The lowest BCUT2D eigenvalue weighted by Gasteiger charge is -2.16. The molecule has 0 fully saturated rings. The van der Waals surface area contributed by atoms with Crippen LogP contribution in [0.25, 0.3) is 0 Å². The number of ether oxygens (including phenoxy) is 1. The van der Waals surface area contributed by atoms with Crippen LogP contribution in [0, 0.1) is 11.8 Å². The lowest BCUT2D eigenvalue weighted by atomic mass is 10.2. The van der Waals surface area contributed by atoms with Crippen LogP contribution in [-0.4, -0.2) is 11.6 Å². The maximum absolute atomic E-state index is 11.1. The van der Waals surface area contributed by atoms with Gasteiger partial charge in [0.05, 0.1) is 0 Å². The molecular weight excluding hydrogens is 176 g/mol. The van der Waals surface area contributed by atoms with Crippen LogP contribution < -0.4 is 0 Å².